The zero-order valence-corrected chi connectivity index (χ0v) is 13.2. The Kier molecular flexibility index (Phi) is 3.67. The van der Waals surface area contributed by atoms with E-state index in [0.717, 1.165) is 18.2 Å². The third-order valence-electron chi connectivity index (χ3n) is 3.95. The predicted molar refractivity (Wildman–Crippen MR) is 79.5 cm³/mol. The molecule has 0 amide bonds. The van der Waals surface area contributed by atoms with E-state index >= 15 is 0 Å². The molecule has 7 heteroatoms. The van der Waals surface area contributed by atoms with Gasteiger partial charge in [-0.1, -0.05) is 6.07 Å². The van der Waals surface area contributed by atoms with E-state index in [1.165, 1.54) is 12.3 Å². The number of aliphatic hydroxyl groups excluding tert-OH is 1. The highest BCUT2D eigenvalue weighted by Crippen LogP contribution is 2.62. The number of nitrogens with zero attached hydrogens (tertiary/aromatic N) is 1. The molecule has 1 N–H and O–H groups in total. The monoisotopic (exact) mass is 423 g/mol. The van der Waals surface area contributed by atoms with Crippen LogP contribution < -0.4 is 0 Å². The van der Waals surface area contributed by atoms with E-state index in [1.54, 1.807) is 0 Å². The van der Waals surface area contributed by atoms with Gasteiger partial charge in [0.25, 0.3) is 0 Å². The van der Waals surface area contributed by atoms with Crippen LogP contribution >= 0.6 is 22.6 Å². The van der Waals surface area contributed by atoms with Crippen molar-refractivity contribution < 1.29 is 22.7 Å². The van der Waals surface area contributed by atoms with E-state index in [0.29, 0.717) is 9.64 Å². The average Bonchev–Trinajstić information content (AvgIpc) is 3.12. The number of aliphatic hydroxyl groups is 1. The number of benzene rings is 1. The lowest BCUT2D eigenvalue weighted by Crippen LogP contribution is -2.36. The van der Waals surface area contributed by atoms with E-state index in [4.69, 9.17) is 0 Å². The zero-order valence-electron chi connectivity index (χ0n) is 11.0. The first-order chi connectivity index (χ1) is 10.3. The Labute approximate surface area is 137 Å². The van der Waals surface area contributed by atoms with Crippen molar-refractivity contribution in [1.82, 2.24) is 4.98 Å². The van der Waals surface area contributed by atoms with Gasteiger partial charge in [0.05, 0.1) is 11.5 Å². The first-order valence-corrected chi connectivity index (χ1v) is 7.50. The molecule has 2 unspecified atom stereocenters. The van der Waals surface area contributed by atoms with Crippen LogP contribution in [0.1, 0.15) is 17.7 Å². The molecule has 1 aliphatic rings. The second kappa shape index (κ2) is 5.16. The molecule has 0 radical (unpaired) electrons. The Morgan fingerprint density at radius 2 is 1.91 bits per heavy atom. The van der Waals surface area contributed by atoms with Crippen LogP contribution in [0.4, 0.5) is 17.6 Å². The molecule has 3 rings (SSSR count). The lowest BCUT2D eigenvalue weighted by atomic mass is 9.86. The Morgan fingerprint density at radius 1 is 1.23 bits per heavy atom. The van der Waals surface area contributed by atoms with Gasteiger partial charge in [0, 0.05) is 21.4 Å². The molecule has 2 nitrogen and oxygen atoms in total. The minimum absolute atomic E-state index is 0.309. The maximum atomic E-state index is 14.9. The highest BCUT2D eigenvalue weighted by atomic mass is 127. The van der Waals surface area contributed by atoms with E-state index in [-0.39, 0.29) is 6.42 Å². The fourth-order valence-corrected chi connectivity index (χ4v) is 3.00. The summed E-state index contributed by atoms with van der Waals surface area (Å²) in [6.45, 7) is 0. The molecule has 0 saturated heterocycles. The summed E-state index contributed by atoms with van der Waals surface area (Å²) in [4.78, 5) is 3.70. The van der Waals surface area contributed by atoms with Gasteiger partial charge < -0.3 is 5.11 Å². The van der Waals surface area contributed by atoms with Crippen LogP contribution in [0.15, 0.2) is 36.5 Å². The van der Waals surface area contributed by atoms with Gasteiger partial charge >= 0.3 is 5.92 Å². The average molecular weight is 423 g/mol. The number of hydrogen-bond donors (Lipinski definition) is 1. The lowest BCUT2D eigenvalue weighted by molar-refractivity contribution is -0.0651. The Morgan fingerprint density at radius 3 is 2.41 bits per heavy atom. The first-order valence-electron chi connectivity index (χ1n) is 6.42. The minimum atomic E-state index is -3.57. The second-order valence-electron chi connectivity index (χ2n) is 5.25. The van der Waals surface area contributed by atoms with Crippen molar-refractivity contribution in [2.45, 2.75) is 23.9 Å². The summed E-state index contributed by atoms with van der Waals surface area (Å²) >= 11 is 1.93. The normalized spacial score (nSPS) is 24.4. The summed E-state index contributed by atoms with van der Waals surface area (Å²) in [7, 11) is 0. The quantitative estimate of drug-likeness (QED) is 0.603. The van der Waals surface area contributed by atoms with E-state index in [1.807, 2.05) is 22.6 Å². The third-order valence-corrected chi connectivity index (χ3v) is 4.58. The van der Waals surface area contributed by atoms with Crippen molar-refractivity contribution in [2.24, 2.45) is 0 Å². The molecule has 2 atom stereocenters. The number of aromatic nitrogens is 1. The summed E-state index contributed by atoms with van der Waals surface area (Å²) in [5.74, 6) is -5.53. The minimum Gasteiger partial charge on any atom is -0.392 e. The van der Waals surface area contributed by atoms with Crippen molar-refractivity contribution in [3.8, 4) is 0 Å². The molecule has 1 fully saturated rings. The molecular formula is C15H10F4INO. The van der Waals surface area contributed by atoms with Crippen molar-refractivity contribution in [3.63, 3.8) is 0 Å². The fourth-order valence-electron chi connectivity index (χ4n) is 2.68. The maximum absolute atomic E-state index is 14.9. The van der Waals surface area contributed by atoms with Crippen molar-refractivity contribution in [2.75, 3.05) is 0 Å². The molecule has 0 aliphatic heterocycles. The summed E-state index contributed by atoms with van der Waals surface area (Å²) in [6.07, 6.45) is -0.452. The smallest absolute Gasteiger partial charge is 0.301 e. The molecule has 1 saturated carbocycles. The van der Waals surface area contributed by atoms with Crippen molar-refractivity contribution >= 4 is 22.6 Å². The van der Waals surface area contributed by atoms with Crippen LogP contribution in [0.5, 0.6) is 0 Å². The Balaban J connectivity index is 2.11. The number of rotatable bonds is 3. The number of pyridine rings is 1. The fraction of sp³-hybridized carbons (Fsp3) is 0.267. The second-order valence-corrected chi connectivity index (χ2v) is 6.50. The van der Waals surface area contributed by atoms with Gasteiger partial charge in [0.15, 0.2) is 0 Å². The molecule has 1 heterocycles. The van der Waals surface area contributed by atoms with Crippen LogP contribution in [-0.4, -0.2) is 16.2 Å². The van der Waals surface area contributed by atoms with Crippen LogP contribution in [0, 0.1) is 15.2 Å². The molecule has 0 bridgehead atoms. The molecule has 1 aromatic heterocycles. The van der Waals surface area contributed by atoms with E-state index in [2.05, 4.69) is 4.98 Å². The number of alkyl halides is 2. The largest absolute Gasteiger partial charge is 0.392 e. The summed E-state index contributed by atoms with van der Waals surface area (Å²) < 4.78 is 57.4. The van der Waals surface area contributed by atoms with Crippen LogP contribution in [0.25, 0.3) is 0 Å². The van der Waals surface area contributed by atoms with Gasteiger partial charge in [0.1, 0.15) is 17.3 Å². The maximum Gasteiger partial charge on any atom is 0.301 e. The number of halogens is 5. The zero-order chi connectivity index (χ0) is 16.1. The van der Waals surface area contributed by atoms with Gasteiger partial charge in [-0.3, -0.25) is 4.98 Å². The van der Waals surface area contributed by atoms with Gasteiger partial charge in [-0.25, -0.2) is 8.78 Å². The molecule has 22 heavy (non-hydrogen) atoms. The molecule has 116 valence electrons. The molecule has 1 aromatic carbocycles. The van der Waals surface area contributed by atoms with Gasteiger partial charge in [-0.15, -0.1) is 0 Å². The van der Waals surface area contributed by atoms with E-state index in [9.17, 15) is 22.7 Å². The summed E-state index contributed by atoms with van der Waals surface area (Å²) in [6, 6.07) is 5.01. The lowest BCUT2D eigenvalue weighted by Gasteiger charge is -2.27. The van der Waals surface area contributed by atoms with Crippen LogP contribution in [0.3, 0.4) is 0 Å². The van der Waals surface area contributed by atoms with Crippen LogP contribution in [-0.2, 0) is 11.3 Å². The highest BCUT2D eigenvalue weighted by Gasteiger charge is 2.72. The van der Waals surface area contributed by atoms with Crippen molar-refractivity contribution in [3.05, 3.63) is 63.0 Å². The van der Waals surface area contributed by atoms with Crippen molar-refractivity contribution in [1.29, 1.82) is 0 Å². The van der Waals surface area contributed by atoms with Gasteiger partial charge in [-0.05, 0) is 47.2 Å². The van der Waals surface area contributed by atoms with Gasteiger partial charge in [0.2, 0.25) is 0 Å². The predicted octanol–water partition coefficient (Wildman–Crippen LogP) is 3.76. The van der Waals surface area contributed by atoms with E-state index < -0.39 is 40.3 Å². The highest BCUT2D eigenvalue weighted by molar-refractivity contribution is 14.1. The standard InChI is InChI=1S/C15H10F4INO/c16-8-1-3-10(11(17)5-8)14(6-13(14)22)15(18,19)12-4-2-9(20)7-21-12/h1-5,7,13,22H,6H2. The molecule has 2 aromatic rings. The topological polar surface area (TPSA) is 33.1 Å². The molecule has 0 spiro atoms. The third kappa shape index (κ3) is 2.21. The molecule has 1 aliphatic carbocycles. The first kappa shape index (κ1) is 15.7. The van der Waals surface area contributed by atoms with Gasteiger partial charge in [-0.2, -0.15) is 8.78 Å². The SMILES string of the molecule is OC1CC1(c1ccc(F)cc1F)C(F)(F)c1ccc(I)cn1. The molecular weight excluding hydrogens is 413 g/mol. The Hall–Kier alpha value is -1.22. The summed E-state index contributed by atoms with van der Waals surface area (Å²) in [5.41, 5.74) is -3.05. The Bertz CT molecular complexity index is 722. The summed E-state index contributed by atoms with van der Waals surface area (Å²) in [5, 5.41) is 9.81. The van der Waals surface area contributed by atoms with Crippen LogP contribution in [0.2, 0.25) is 0 Å². The number of hydrogen-bond acceptors (Lipinski definition) is 2.